The van der Waals surface area contributed by atoms with Crippen molar-refractivity contribution >= 4 is 22.1 Å². The van der Waals surface area contributed by atoms with Gasteiger partial charge >= 0.3 is 5.69 Å². The second-order valence-electron chi connectivity index (χ2n) is 10.3. The first-order valence-electron chi connectivity index (χ1n) is 13.6. The third-order valence-electron chi connectivity index (χ3n) is 7.79. The van der Waals surface area contributed by atoms with Crippen LogP contribution in [-0.4, -0.2) is 63.7 Å². The number of aryl methyl sites for hydroxylation is 1. The molecule has 2 saturated heterocycles. The zero-order chi connectivity index (χ0) is 25.2. The van der Waals surface area contributed by atoms with E-state index in [4.69, 9.17) is 9.47 Å². The SMILES string of the molecule is Cn1c(=O)n([C@@H]2CCCOC2)c2c3cc(-c4ccc(OCCCN5CCCCC5)cc4)ccc3nnc21. The van der Waals surface area contributed by atoms with Gasteiger partial charge in [-0.1, -0.05) is 24.6 Å². The Morgan fingerprint density at radius 1 is 1.00 bits per heavy atom. The molecule has 0 aliphatic carbocycles. The van der Waals surface area contributed by atoms with Crippen molar-refractivity contribution in [1.29, 1.82) is 0 Å². The number of likely N-dealkylation sites (tertiary alicyclic amines) is 1. The first kappa shape index (κ1) is 24.1. The summed E-state index contributed by atoms with van der Waals surface area (Å²) >= 11 is 0. The van der Waals surface area contributed by atoms with Crippen molar-refractivity contribution in [3.63, 3.8) is 0 Å². The highest BCUT2D eigenvalue weighted by Gasteiger charge is 2.24. The molecule has 194 valence electrons. The number of imidazole rings is 1. The van der Waals surface area contributed by atoms with E-state index in [1.165, 1.54) is 32.4 Å². The smallest absolute Gasteiger partial charge is 0.330 e. The molecule has 0 amide bonds. The van der Waals surface area contributed by atoms with Crippen molar-refractivity contribution < 1.29 is 9.47 Å². The number of hydrogen-bond donors (Lipinski definition) is 0. The predicted molar refractivity (Wildman–Crippen MR) is 145 cm³/mol. The van der Waals surface area contributed by atoms with Crippen LogP contribution in [0.5, 0.6) is 5.75 Å². The van der Waals surface area contributed by atoms with Crippen LogP contribution in [0.1, 0.15) is 44.6 Å². The van der Waals surface area contributed by atoms with E-state index in [9.17, 15) is 4.79 Å². The van der Waals surface area contributed by atoms with Gasteiger partial charge in [0.15, 0.2) is 5.65 Å². The minimum atomic E-state index is -0.0699. The van der Waals surface area contributed by atoms with Gasteiger partial charge in [0.2, 0.25) is 0 Å². The first-order valence-corrected chi connectivity index (χ1v) is 13.6. The van der Waals surface area contributed by atoms with Crippen molar-refractivity contribution in [3.8, 4) is 16.9 Å². The van der Waals surface area contributed by atoms with Crippen LogP contribution in [0, 0.1) is 0 Å². The van der Waals surface area contributed by atoms with Gasteiger partial charge in [-0.2, -0.15) is 0 Å². The van der Waals surface area contributed by atoms with Crippen molar-refractivity contribution in [2.75, 3.05) is 39.5 Å². The van der Waals surface area contributed by atoms with Crippen LogP contribution in [0.2, 0.25) is 0 Å². The number of fused-ring (bicyclic) bond motifs is 3. The average molecular weight is 502 g/mol. The summed E-state index contributed by atoms with van der Waals surface area (Å²) in [6.07, 6.45) is 6.94. The minimum Gasteiger partial charge on any atom is -0.494 e. The van der Waals surface area contributed by atoms with E-state index in [1.54, 1.807) is 11.6 Å². The molecule has 37 heavy (non-hydrogen) atoms. The Morgan fingerprint density at radius 2 is 1.81 bits per heavy atom. The summed E-state index contributed by atoms with van der Waals surface area (Å²) in [4.78, 5) is 15.8. The first-order chi connectivity index (χ1) is 18.2. The normalized spacial score (nSPS) is 19.0. The second kappa shape index (κ2) is 10.6. The summed E-state index contributed by atoms with van der Waals surface area (Å²) in [5.74, 6) is 0.894. The third kappa shape index (κ3) is 4.88. The molecule has 2 aliphatic heterocycles. The number of hydrogen-bond acceptors (Lipinski definition) is 6. The number of benzene rings is 2. The topological polar surface area (TPSA) is 74.4 Å². The highest BCUT2D eigenvalue weighted by atomic mass is 16.5. The zero-order valence-electron chi connectivity index (χ0n) is 21.6. The van der Waals surface area contributed by atoms with E-state index in [2.05, 4.69) is 39.4 Å². The molecule has 2 aliphatic rings. The van der Waals surface area contributed by atoms with E-state index in [0.717, 1.165) is 72.3 Å². The molecule has 2 aromatic heterocycles. The lowest BCUT2D eigenvalue weighted by atomic mass is 10.0. The standard InChI is InChI=1S/C29H35N5O3/c1-32-28-27(34(29(32)35)23-7-5-17-36-20-23)25-19-22(10-13-26(25)30-31-28)21-8-11-24(12-9-21)37-18-6-16-33-14-3-2-4-15-33/h8-13,19,23H,2-7,14-18,20H2,1H3/t23-/m1/s1. The Kier molecular flexibility index (Phi) is 6.93. The van der Waals surface area contributed by atoms with Crippen molar-refractivity contribution in [2.45, 2.75) is 44.6 Å². The monoisotopic (exact) mass is 501 g/mol. The van der Waals surface area contributed by atoms with Crippen LogP contribution < -0.4 is 10.4 Å². The number of aromatic nitrogens is 4. The van der Waals surface area contributed by atoms with Crippen molar-refractivity contribution in [3.05, 3.63) is 52.9 Å². The van der Waals surface area contributed by atoms with Gasteiger partial charge in [-0.15, -0.1) is 10.2 Å². The molecular formula is C29H35N5O3. The fraction of sp³-hybridized carbons (Fsp3) is 0.483. The van der Waals surface area contributed by atoms with E-state index < -0.39 is 0 Å². The Hall–Kier alpha value is -3.23. The van der Waals surface area contributed by atoms with Gasteiger partial charge in [0.1, 0.15) is 11.3 Å². The van der Waals surface area contributed by atoms with Gasteiger partial charge < -0.3 is 14.4 Å². The summed E-state index contributed by atoms with van der Waals surface area (Å²) in [5, 5.41) is 9.75. The molecule has 4 aromatic rings. The summed E-state index contributed by atoms with van der Waals surface area (Å²) in [5.41, 5.74) is 4.32. The summed E-state index contributed by atoms with van der Waals surface area (Å²) < 4.78 is 15.2. The number of piperidine rings is 1. The summed E-state index contributed by atoms with van der Waals surface area (Å²) in [6.45, 7) is 5.60. The largest absolute Gasteiger partial charge is 0.494 e. The van der Waals surface area contributed by atoms with E-state index in [0.29, 0.717) is 12.3 Å². The zero-order valence-corrected chi connectivity index (χ0v) is 21.6. The third-order valence-corrected chi connectivity index (χ3v) is 7.79. The molecular weight excluding hydrogens is 466 g/mol. The predicted octanol–water partition coefficient (Wildman–Crippen LogP) is 4.56. The van der Waals surface area contributed by atoms with Crippen molar-refractivity contribution in [1.82, 2.24) is 24.2 Å². The minimum absolute atomic E-state index is 0.00681. The molecule has 8 heteroatoms. The van der Waals surface area contributed by atoms with Crippen LogP contribution in [0.4, 0.5) is 0 Å². The lowest BCUT2D eigenvalue weighted by molar-refractivity contribution is 0.0593. The van der Waals surface area contributed by atoms with Crippen LogP contribution in [-0.2, 0) is 11.8 Å². The fourth-order valence-corrected chi connectivity index (χ4v) is 5.74. The van der Waals surface area contributed by atoms with Crippen LogP contribution in [0.15, 0.2) is 47.3 Å². The van der Waals surface area contributed by atoms with E-state index in [-0.39, 0.29) is 11.7 Å². The quantitative estimate of drug-likeness (QED) is 0.346. The molecule has 0 spiro atoms. The van der Waals surface area contributed by atoms with Gasteiger partial charge in [0.25, 0.3) is 0 Å². The summed E-state index contributed by atoms with van der Waals surface area (Å²) in [6, 6.07) is 14.5. The molecule has 1 atom stereocenters. The molecule has 4 heterocycles. The Balaban J connectivity index is 1.24. The van der Waals surface area contributed by atoms with E-state index in [1.807, 2.05) is 22.8 Å². The maximum atomic E-state index is 13.2. The molecule has 8 nitrogen and oxygen atoms in total. The Labute approximate surface area is 216 Å². The molecule has 0 unspecified atom stereocenters. The number of nitrogens with zero attached hydrogens (tertiary/aromatic N) is 5. The van der Waals surface area contributed by atoms with Crippen LogP contribution in [0.3, 0.4) is 0 Å². The Morgan fingerprint density at radius 3 is 2.59 bits per heavy atom. The van der Waals surface area contributed by atoms with Gasteiger partial charge in [0, 0.05) is 25.6 Å². The van der Waals surface area contributed by atoms with E-state index >= 15 is 0 Å². The maximum absolute atomic E-state index is 13.2. The molecule has 0 bridgehead atoms. The molecule has 0 N–H and O–H groups in total. The molecule has 2 fully saturated rings. The average Bonchev–Trinajstić information content (AvgIpc) is 3.22. The maximum Gasteiger partial charge on any atom is 0.330 e. The van der Waals surface area contributed by atoms with Gasteiger partial charge in [-0.05, 0) is 80.6 Å². The van der Waals surface area contributed by atoms with Gasteiger partial charge in [0.05, 0.1) is 24.8 Å². The number of rotatable bonds is 7. The second-order valence-corrected chi connectivity index (χ2v) is 10.3. The molecule has 2 aromatic carbocycles. The lowest BCUT2D eigenvalue weighted by Gasteiger charge is -2.26. The Bertz CT molecular complexity index is 1430. The number of ether oxygens (including phenoxy) is 2. The van der Waals surface area contributed by atoms with Gasteiger partial charge in [-0.25, -0.2) is 4.79 Å². The van der Waals surface area contributed by atoms with Crippen LogP contribution in [0.25, 0.3) is 33.2 Å². The molecule has 6 rings (SSSR count). The fourth-order valence-electron chi connectivity index (χ4n) is 5.74. The highest BCUT2D eigenvalue weighted by molar-refractivity contribution is 6.02. The van der Waals surface area contributed by atoms with Crippen molar-refractivity contribution in [2.24, 2.45) is 7.05 Å². The molecule has 0 saturated carbocycles. The molecule has 0 radical (unpaired) electrons. The highest BCUT2D eigenvalue weighted by Crippen LogP contribution is 2.31. The summed E-state index contributed by atoms with van der Waals surface area (Å²) in [7, 11) is 1.76. The van der Waals surface area contributed by atoms with Crippen LogP contribution >= 0.6 is 0 Å². The van der Waals surface area contributed by atoms with Gasteiger partial charge in [-0.3, -0.25) is 9.13 Å². The lowest BCUT2D eigenvalue weighted by Crippen LogP contribution is -2.31.